The van der Waals surface area contributed by atoms with Crippen LogP contribution in [0.15, 0.2) is 53.0 Å². The Bertz CT molecular complexity index is 880. The minimum Gasteiger partial charge on any atom is -0.320 e. The lowest BCUT2D eigenvalue weighted by Gasteiger charge is -2.10. The number of hydrogen-bond acceptors (Lipinski definition) is 2. The van der Waals surface area contributed by atoms with Crippen molar-refractivity contribution >= 4 is 50.0 Å². The summed E-state index contributed by atoms with van der Waals surface area (Å²) in [6.45, 7) is 1.92. The summed E-state index contributed by atoms with van der Waals surface area (Å²) in [7, 11) is 0. The lowest BCUT2D eigenvalue weighted by atomic mass is 10.1. The summed E-state index contributed by atoms with van der Waals surface area (Å²) in [5.41, 5.74) is 2.75. The quantitative estimate of drug-likeness (QED) is 0.668. The topological polar surface area (TPSA) is 42.0 Å². The number of carbonyl (C=O) groups excluding carboxylic acids is 1. The van der Waals surface area contributed by atoms with Gasteiger partial charge >= 0.3 is 0 Å². The maximum absolute atomic E-state index is 12.5. The highest BCUT2D eigenvalue weighted by Crippen LogP contribution is 2.25. The summed E-state index contributed by atoms with van der Waals surface area (Å²) in [5, 5.41) is 4.27. The van der Waals surface area contributed by atoms with E-state index in [9.17, 15) is 4.79 Å². The smallest absolute Gasteiger partial charge is 0.257 e. The molecule has 0 unspecified atom stereocenters. The zero-order valence-corrected chi connectivity index (χ0v) is 14.1. The second-order valence-electron chi connectivity index (χ2n) is 4.91. The monoisotopic (exact) mass is 374 g/mol. The number of carbonyl (C=O) groups is 1. The van der Waals surface area contributed by atoms with Gasteiger partial charge in [-0.1, -0.05) is 45.7 Å². The van der Waals surface area contributed by atoms with Gasteiger partial charge in [0.2, 0.25) is 0 Å². The van der Waals surface area contributed by atoms with E-state index in [2.05, 4.69) is 26.2 Å². The van der Waals surface area contributed by atoms with E-state index in [1.165, 1.54) is 0 Å². The summed E-state index contributed by atoms with van der Waals surface area (Å²) < 4.78 is 0.800. The molecule has 110 valence electrons. The van der Waals surface area contributed by atoms with Crippen molar-refractivity contribution in [2.24, 2.45) is 0 Å². The van der Waals surface area contributed by atoms with E-state index >= 15 is 0 Å². The second-order valence-corrected chi connectivity index (χ2v) is 6.23. The molecule has 0 spiro atoms. The van der Waals surface area contributed by atoms with Crippen LogP contribution in [0.1, 0.15) is 16.1 Å². The van der Waals surface area contributed by atoms with Crippen LogP contribution in [0, 0.1) is 6.92 Å². The molecule has 3 rings (SSSR count). The largest absolute Gasteiger partial charge is 0.320 e. The zero-order valence-electron chi connectivity index (χ0n) is 11.7. The molecular weight excluding hydrogens is 364 g/mol. The molecule has 1 heterocycles. The van der Waals surface area contributed by atoms with E-state index in [1.807, 2.05) is 37.3 Å². The van der Waals surface area contributed by atoms with Crippen molar-refractivity contribution in [2.75, 3.05) is 5.32 Å². The average Bonchev–Trinajstić information content (AvgIpc) is 2.50. The van der Waals surface area contributed by atoms with E-state index in [1.54, 1.807) is 18.2 Å². The van der Waals surface area contributed by atoms with Gasteiger partial charge in [0.05, 0.1) is 21.8 Å². The molecule has 1 amide bonds. The molecule has 5 heteroatoms. The fraction of sp³-hybridized carbons (Fsp3) is 0.0588. The fourth-order valence-corrected chi connectivity index (χ4v) is 2.77. The number of aromatic nitrogens is 1. The van der Waals surface area contributed by atoms with Gasteiger partial charge in [0.1, 0.15) is 0 Å². The Balaban J connectivity index is 2.01. The number of halogens is 2. The molecule has 22 heavy (non-hydrogen) atoms. The summed E-state index contributed by atoms with van der Waals surface area (Å²) in [6.07, 6.45) is 0. The van der Waals surface area contributed by atoms with Crippen LogP contribution in [-0.2, 0) is 0 Å². The van der Waals surface area contributed by atoms with Gasteiger partial charge in [-0.2, -0.15) is 0 Å². The summed E-state index contributed by atoms with van der Waals surface area (Å²) in [6, 6.07) is 14.8. The van der Waals surface area contributed by atoms with E-state index in [0.717, 1.165) is 21.1 Å². The van der Waals surface area contributed by atoms with Crippen molar-refractivity contribution in [1.82, 2.24) is 4.98 Å². The minimum atomic E-state index is -0.262. The number of amides is 1. The Morgan fingerprint density at radius 2 is 2.00 bits per heavy atom. The lowest BCUT2D eigenvalue weighted by Crippen LogP contribution is -2.13. The highest BCUT2D eigenvalue weighted by Gasteiger charge is 2.13. The van der Waals surface area contributed by atoms with Gasteiger partial charge in [0, 0.05) is 15.6 Å². The average molecular weight is 376 g/mol. The number of anilines is 1. The first-order valence-corrected chi connectivity index (χ1v) is 7.84. The molecule has 0 bridgehead atoms. The Morgan fingerprint density at radius 1 is 1.18 bits per heavy atom. The van der Waals surface area contributed by atoms with Gasteiger partial charge in [0.15, 0.2) is 0 Å². The van der Waals surface area contributed by atoms with Crippen LogP contribution < -0.4 is 5.32 Å². The van der Waals surface area contributed by atoms with E-state index < -0.39 is 0 Å². The second kappa shape index (κ2) is 6.07. The summed E-state index contributed by atoms with van der Waals surface area (Å²) in [4.78, 5) is 17.0. The first kappa shape index (κ1) is 15.0. The number of hydrogen-bond donors (Lipinski definition) is 1. The number of fused-ring (bicyclic) bond motifs is 1. The Morgan fingerprint density at radius 3 is 2.82 bits per heavy atom. The van der Waals surface area contributed by atoms with Crippen LogP contribution in [0.25, 0.3) is 10.9 Å². The number of nitrogens with one attached hydrogen (secondary N) is 1. The fourth-order valence-electron chi connectivity index (χ4n) is 2.21. The van der Waals surface area contributed by atoms with Crippen molar-refractivity contribution in [2.45, 2.75) is 6.92 Å². The normalized spacial score (nSPS) is 10.7. The van der Waals surface area contributed by atoms with Crippen LogP contribution in [0.4, 0.5) is 5.69 Å². The molecular formula is C17H12BrClN2O. The summed E-state index contributed by atoms with van der Waals surface area (Å²) >= 11 is 9.45. The van der Waals surface area contributed by atoms with Gasteiger partial charge in [-0.05, 0) is 37.3 Å². The molecule has 1 N–H and O–H groups in total. The highest BCUT2D eigenvalue weighted by molar-refractivity contribution is 9.10. The van der Waals surface area contributed by atoms with Crippen molar-refractivity contribution in [3.05, 3.63) is 69.3 Å². The SMILES string of the molecule is Cc1ccc2cccc(NC(=O)c3cc(Br)ccc3Cl)c2n1. The third-order valence-corrected chi connectivity index (χ3v) is 4.10. The van der Waals surface area contributed by atoms with Crippen molar-refractivity contribution in [3.8, 4) is 0 Å². The standard InChI is InChI=1S/C17H12BrClN2O/c1-10-5-6-11-3-2-4-15(16(11)20-10)21-17(22)13-9-12(18)7-8-14(13)19/h2-9H,1H3,(H,21,22). The van der Waals surface area contributed by atoms with Crippen LogP contribution in [-0.4, -0.2) is 10.9 Å². The first-order valence-electron chi connectivity index (χ1n) is 6.67. The molecule has 0 aliphatic heterocycles. The molecule has 1 aromatic heterocycles. The van der Waals surface area contributed by atoms with Crippen LogP contribution in [0.3, 0.4) is 0 Å². The zero-order chi connectivity index (χ0) is 15.7. The number of aryl methyl sites for hydroxylation is 1. The molecule has 0 fully saturated rings. The van der Waals surface area contributed by atoms with Gasteiger partial charge in [-0.25, -0.2) is 0 Å². The number of benzene rings is 2. The molecule has 3 aromatic rings. The molecule has 0 aliphatic carbocycles. The molecule has 3 nitrogen and oxygen atoms in total. The third kappa shape index (κ3) is 2.98. The van der Waals surface area contributed by atoms with Gasteiger partial charge in [0.25, 0.3) is 5.91 Å². The molecule has 0 saturated heterocycles. The number of rotatable bonds is 2. The Labute approximate surface area is 141 Å². The number of para-hydroxylation sites is 1. The van der Waals surface area contributed by atoms with Crippen LogP contribution in [0.2, 0.25) is 5.02 Å². The third-order valence-electron chi connectivity index (χ3n) is 3.28. The van der Waals surface area contributed by atoms with Gasteiger partial charge < -0.3 is 5.32 Å². The van der Waals surface area contributed by atoms with Crippen LogP contribution >= 0.6 is 27.5 Å². The molecule has 0 saturated carbocycles. The number of pyridine rings is 1. The Kier molecular flexibility index (Phi) is 4.14. The predicted molar refractivity (Wildman–Crippen MR) is 93.6 cm³/mol. The maximum Gasteiger partial charge on any atom is 0.257 e. The highest BCUT2D eigenvalue weighted by atomic mass is 79.9. The predicted octanol–water partition coefficient (Wildman–Crippen LogP) is 5.21. The molecule has 2 aromatic carbocycles. The van der Waals surface area contributed by atoms with E-state index in [4.69, 9.17) is 11.6 Å². The number of nitrogens with zero attached hydrogens (tertiary/aromatic N) is 1. The molecule has 0 atom stereocenters. The minimum absolute atomic E-state index is 0.262. The molecule has 0 aliphatic rings. The molecule has 0 radical (unpaired) electrons. The first-order chi connectivity index (χ1) is 10.5. The lowest BCUT2D eigenvalue weighted by molar-refractivity contribution is 0.102. The van der Waals surface area contributed by atoms with Gasteiger partial charge in [-0.3, -0.25) is 9.78 Å². The maximum atomic E-state index is 12.5. The van der Waals surface area contributed by atoms with E-state index in [-0.39, 0.29) is 5.91 Å². The van der Waals surface area contributed by atoms with Crippen molar-refractivity contribution in [1.29, 1.82) is 0 Å². The van der Waals surface area contributed by atoms with Crippen molar-refractivity contribution in [3.63, 3.8) is 0 Å². The van der Waals surface area contributed by atoms with Gasteiger partial charge in [-0.15, -0.1) is 0 Å². The van der Waals surface area contributed by atoms with E-state index in [0.29, 0.717) is 16.3 Å². The summed E-state index contributed by atoms with van der Waals surface area (Å²) in [5.74, 6) is -0.262. The van der Waals surface area contributed by atoms with Crippen molar-refractivity contribution < 1.29 is 4.79 Å². The van der Waals surface area contributed by atoms with Crippen LogP contribution in [0.5, 0.6) is 0 Å². The Hall–Kier alpha value is -1.91.